The number of benzene rings is 2. The van der Waals surface area contributed by atoms with Crippen molar-refractivity contribution in [2.45, 2.75) is 6.61 Å². The van der Waals surface area contributed by atoms with Gasteiger partial charge in [0.05, 0.1) is 18.2 Å². The molecule has 0 radical (unpaired) electrons. The summed E-state index contributed by atoms with van der Waals surface area (Å²) in [5.74, 6) is 0. The second-order valence-corrected chi connectivity index (χ2v) is 4.33. The lowest BCUT2D eigenvalue weighted by molar-refractivity contribution is 0.282. The molecule has 0 aromatic heterocycles. The molecule has 0 unspecified atom stereocenters. The highest BCUT2D eigenvalue weighted by Crippen LogP contribution is 2.14. The van der Waals surface area contributed by atoms with E-state index < -0.39 is 0 Å². The fraction of sp³-hybridized carbons (Fsp3) is 0.118. The topological polar surface area (TPSA) is 56.0 Å². The number of hydrogen-bond donors (Lipinski definition) is 2. The van der Waals surface area contributed by atoms with Crippen molar-refractivity contribution in [2.24, 2.45) is 0 Å². The molecule has 0 aliphatic carbocycles. The number of aliphatic hydroxyl groups is 1. The molecule has 0 saturated carbocycles. The lowest BCUT2D eigenvalue weighted by Gasteiger charge is -2.07. The van der Waals surface area contributed by atoms with Gasteiger partial charge in [0.2, 0.25) is 0 Å². The first-order chi connectivity index (χ1) is 9.83. The molecule has 20 heavy (non-hydrogen) atoms. The lowest BCUT2D eigenvalue weighted by atomic mass is 10.1. The van der Waals surface area contributed by atoms with Crippen LogP contribution in [0.15, 0.2) is 54.6 Å². The van der Waals surface area contributed by atoms with Crippen molar-refractivity contribution >= 4 is 11.8 Å². The molecule has 2 aromatic rings. The Balaban J connectivity index is 1.92. The molecule has 100 valence electrons. The molecule has 2 N–H and O–H groups in total. The Kier molecular flexibility index (Phi) is 4.94. The van der Waals surface area contributed by atoms with Gasteiger partial charge in [-0.1, -0.05) is 42.5 Å². The van der Waals surface area contributed by atoms with Crippen LogP contribution in [0, 0.1) is 11.3 Å². The fourth-order valence-electron chi connectivity index (χ4n) is 1.86. The summed E-state index contributed by atoms with van der Waals surface area (Å²) >= 11 is 0. The first-order valence-electron chi connectivity index (χ1n) is 6.43. The largest absolute Gasteiger partial charge is 0.392 e. The molecular weight excluding hydrogens is 248 g/mol. The van der Waals surface area contributed by atoms with Crippen LogP contribution >= 0.6 is 0 Å². The molecule has 0 aliphatic rings. The van der Waals surface area contributed by atoms with Gasteiger partial charge in [0, 0.05) is 17.8 Å². The van der Waals surface area contributed by atoms with Crippen molar-refractivity contribution in [3.63, 3.8) is 0 Å². The zero-order chi connectivity index (χ0) is 14.2. The van der Waals surface area contributed by atoms with E-state index in [1.54, 1.807) is 12.1 Å². The molecule has 0 amide bonds. The molecule has 0 saturated heterocycles. The van der Waals surface area contributed by atoms with E-state index in [2.05, 4.69) is 11.4 Å². The maximum absolute atomic E-state index is 9.22. The van der Waals surface area contributed by atoms with Gasteiger partial charge in [0.1, 0.15) is 0 Å². The Hall–Kier alpha value is -2.57. The van der Waals surface area contributed by atoms with Gasteiger partial charge in [-0.3, -0.25) is 0 Å². The number of rotatable bonds is 5. The molecule has 0 fully saturated rings. The smallest absolute Gasteiger partial charge is 0.0991 e. The summed E-state index contributed by atoms with van der Waals surface area (Å²) in [4.78, 5) is 0. The molecule has 2 aromatic carbocycles. The summed E-state index contributed by atoms with van der Waals surface area (Å²) in [5.41, 5.74) is 3.55. The summed E-state index contributed by atoms with van der Waals surface area (Å²) in [5, 5.41) is 21.2. The van der Waals surface area contributed by atoms with Crippen molar-refractivity contribution in [1.82, 2.24) is 0 Å². The minimum atomic E-state index is 0.0303. The number of nitrogens with zero attached hydrogens (tertiary/aromatic N) is 1. The second kappa shape index (κ2) is 7.13. The van der Waals surface area contributed by atoms with E-state index in [1.807, 2.05) is 48.6 Å². The standard InChI is InChI=1S/C17H16N2O/c18-12-15-9-7-14(8-10-15)4-3-11-19-17-6-2-1-5-16(17)13-20/h1-10,19-20H,11,13H2/b4-3+. The van der Waals surface area contributed by atoms with Crippen molar-refractivity contribution in [2.75, 3.05) is 11.9 Å². The van der Waals surface area contributed by atoms with Crippen molar-refractivity contribution in [3.05, 3.63) is 71.3 Å². The van der Waals surface area contributed by atoms with Gasteiger partial charge >= 0.3 is 0 Å². The van der Waals surface area contributed by atoms with E-state index in [4.69, 9.17) is 5.26 Å². The van der Waals surface area contributed by atoms with E-state index in [0.29, 0.717) is 12.1 Å². The van der Waals surface area contributed by atoms with Gasteiger partial charge in [-0.2, -0.15) is 5.26 Å². The molecule has 0 atom stereocenters. The summed E-state index contributed by atoms with van der Waals surface area (Å²) in [6.07, 6.45) is 4.01. The van der Waals surface area contributed by atoms with Crippen molar-refractivity contribution in [3.8, 4) is 6.07 Å². The van der Waals surface area contributed by atoms with Crippen LogP contribution in [0.3, 0.4) is 0 Å². The summed E-state index contributed by atoms with van der Waals surface area (Å²) < 4.78 is 0. The van der Waals surface area contributed by atoms with Crippen LogP contribution in [-0.4, -0.2) is 11.7 Å². The number of nitrogens with one attached hydrogen (secondary N) is 1. The Bertz CT molecular complexity index is 624. The van der Waals surface area contributed by atoms with E-state index in [-0.39, 0.29) is 6.61 Å². The van der Waals surface area contributed by atoms with Gasteiger partial charge < -0.3 is 10.4 Å². The molecule has 2 rings (SSSR count). The van der Waals surface area contributed by atoms with Gasteiger partial charge in [-0.15, -0.1) is 0 Å². The Labute approximate surface area is 118 Å². The van der Waals surface area contributed by atoms with Crippen molar-refractivity contribution < 1.29 is 5.11 Å². The van der Waals surface area contributed by atoms with Crippen molar-refractivity contribution in [1.29, 1.82) is 5.26 Å². The van der Waals surface area contributed by atoms with E-state index in [9.17, 15) is 5.11 Å². The average Bonchev–Trinajstić information content (AvgIpc) is 2.52. The quantitative estimate of drug-likeness (QED) is 0.872. The molecule has 3 heteroatoms. The highest BCUT2D eigenvalue weighted by molar-refractivity contribution is 5.54. The van der Waals surface area contributed by atoms with Crippen LogP contribution in [-0.2, 0) is 6.61 Å². The number of aliphatic hydroxyl groups excluding tert-OH is 1. The van der Waals surface area contributed by atoms with Gasteiger partial charge in [0.15, 0.2) is 0 Å². The van der Waals surface area contributed by atoms with Crippen LogP contribution < -0.4 is 5.32 Å². The zero-order valence-corrected chi connectivity index (χ0v) is 11.1. The predicted molar refractivity (Wildman–Crippen MR) is 81.0 cm³/mol. The molecule has 0 bridgehead atoms. The second-order valence-electron chi connectivity index (χ2n) is 4.33. The highest BCUT2D eigenvalue weighted by atomic mass is 16.3. The molecule has 3 nitrogen and oxygen atoms in total. The highest BCUT2D eigenvalue weighted by Gasteiger charge is 1.97. The average molecular weight is 264 g/mol. The van der Waals surface area contributed by atoms with Crippen LogP contribution in [0.2, 0.25) is 0 Å². The Morgan fingerprint density at radius 3 is 2.55 bits per heavy atom. The first-order valence-corrected chi connectivity index (χ1v) is 6.43. The molecular formula is C17H16N2O. The van der Waals surface area contributed by atoms with E-state index in [0.717, 1.165) is 16.8 Å². The van der Waals surface area contributed by atoms with E-state index >= 15 is 0 Å². The summed E-state index contributed by atoms with van der Waals surface area (Å²) in [6, 6.07) is 17.2. The lowest BCUT2D eigenvalue weighted by Crippen LogP contribution is -2.01. The SMILES string of the molecule is N#Cc1ccc(/C=C/CNc2ccccc2CO)cc1. The van der Waals surface area contributed by atoms with Crippen LogP contribution in [0.5, 0.6) is 0 Å². The minimum absolute atomic E-state index is 0.0303. The Morgan fingerprint density at radius 1 is 1.10 bits per heavy atom. The normalized spacial score (nSPS) is 10.4. The van der Waals surface area contributed by atoms with E-state index in [1.165, 1.54) is 0 Å². The molecule has 0 heterocycles. The number of anilines is 1. The number of nitriles is 1. The third-order valence-corrected chi connectivity index (χ3v) is 2.95. The minimum Gasteiger partial charge on any atom is -0.392 e. The maximum atomic E-state index is 9.22. The number of para-hydroxylation sites is 1. The molecule has 0 spiro atoms. The maximum Gasteiger partial charge on any atom is 0.0991 e. The third kappa shape index (κ3) is 3.71. The van der Waals surface area contributed by atoms with Crippen LogP contribution in [0.25, 0.3) is 6.08 Å². The van der Waals surface area contributed by atoms with Gasteiger partial charge in [0.25, 0.3) is 0 Å². The number of hydrogen-bond acceptors (Lipinski definition) is 3. The third-order valence-electron chi connectivity index (χ3n) is 2.95. The van der Waals surface area contributed by atoms with Gasteiger partial charge in [-0.25, -0.2) is 0 Å². The van der Waals surface area contributed by atoms with Crippen LogP contribution in [0.4, 0.5) is 5.69 Å². The Morgan fingerprint density at radius 2 is 1.85 bits per heavy atom. The summed E-state index contributed by atoms with van der Waals surface area (Å²) in [6.45, 7) is 0.708. The molecule has 0 aliphatic heterocycles. The first kappa shape index (κ1) is 13.9. The van der Waals surface area contributed by atoms with Gasteiger partial charge in [-0.05, 0) is 23.8 Å². The summed E-state index contributed by atoms with van der Waals surface area (Å²) in [7, 11) is 0. The van der Waals surface area contributed by atoms with Crippen LogP contribution in [0.1, 0.15) is 16.7 Å². The zero-order valence-electron chi connectivity index (χ0n) is 11.1. The fourth-order valence-corrected chi connectivity index (χ4v) is 1.86. The monoisotopic (exact) mass is 264 g/mol. The predicted octanol–water partition coefficient (Wildman–Crippen LogP) is 3.18.